The van der Waals surface area contributed by atoms with Gasteiger partial charge in [-0.05, 0) is 50.5 Å². The molecule has 0 spiro atoms. The average molecular weight is 248 g/mol. The molecule has 0 bridgehead atoms. The van der Waals surface area contributed by atoms with E-state index in [-0.39, 0.29) is 5.54 Å². The summed E-state index contributed by atoms with van der Waals surface area (Å²) in [5, 5.41) is 11.1. The molecule has 1 aliphatic rings. The van der Waals surface area contributed by atoms with E-state index < -0.39 is 6.09 Å². The largest absolute Gasteiger partial charge is 0.465 e. The number of rotatable bonds is 1. The summed E-state index contributed by atoms with van der Waals surface area (Å²) < 4.78 is 0. The summed E-state index contributed by atoms with van der Waals surface area (Å²) in [5.41, 5.74) is 3.35. The Labute approximate surface area is 108 Å². The fraction of sp³-hybridized carbons (Fsp3) is 0.500. The number of fused-ring (bicyclic) bond motifs is 1. The smallest absolute Gasteiger partial charge is 0.409 e. The third-order valence-electron chi connectivity index (χ3n) is 3.42. The lowest BCUT2D eigenvalue weighted by Crippen LogP contribution is -2.44. The van der Waals surface area contributed by atoms with Crippen LogP contribution in [0.1, 0.15) is 31.9 Å². The van der Waals surface area contributed by atoms with Gasteiger partial charge in [-0.1, -0.05) is 6.07 Å². The van der Waals surface area contributed by atoms with Gasteiger partial charge in [-0.3, -0.25) is 10.2 Å². The van der Waals surface area contributed by atoms with Crippen molar-refractivity contribution in [2.45, 2.75) is 39.3 Å². The maximum Gasteiger partial charge on any atom is 0.409 e. The van der Waals surface area contributed by atoms with E-state index in [0.29, 0.717) is 5.69 Å². The molecule has 1 heterocycles. The van der Waals surface area contributed by atoms with Gasteiger partial charge in [0.1, 0.15) is 0 Å². The van der Waals surface area contributed by atoms with Crippen LogP contribution in [0.25, 0.3) is 0 Å². The summed E-state index contributed by atoms with van der Waals surface area (Å²) in [5.74, 6) is 0. The average Bonchev–Trinajstić information content (AvgIpc) is 2.26. The molecule has 1 amide bonds. The first kappa shape index (κ1) is 12.9. The zero-order valence-corrected chi connectivity index (χ0v) is 11.2. The Morgan fingerprint density at radius 3 is 2.67 bits per heavy atom. The highest BCUT2D eigenvalue weighted by atomic mass is 16.4. The highest BCUT2D eigenvalue weighted by Crippen LogP contribution is 2.27. The van der Waals surface area contributed by atoms with Gasteiger partial charge in [0.15, 0.2) is 0 Å². The molecule has 4 heteroatoms. The lowest BCUT2D eigenvalue weighted by molar-refractivity contribution is 0.121. The summed E-state index contributed by atoms with van der Waals surface area (Å²) in [6.45, 7) is 8.56. The van der Waals surface area contributed by atoms with Gasteiger partial charge >= 0.3 is 6.09 Å². The number of benzene rings is 1. The molecule has 0 radical (unpaired) electrons. The quantitative estimate of drug-likeness (QED) is 0.803. The highest BCUT2D eigenvalue weighted by molar-refractivity contribution is 5.83. The molecule has 1 aromatic rings. The topological polar surface area (TPSA) is 52.6 Å². The number of amides is 1. The number of hydrogen-bond donors (Lipinski definition) is 2. The van der Waals surface area contributed by atoms with Gasteiger partial charge in [-0.25, -0.2) is 4.79 Å². The SMILES string of the molecule is CC(C)(C)N1CCc2ccc(NC(=O)O)cc2C1. The first-order chi connectivity index (χ1) is 8.36. The summed E-state index contributed by atoms with van der Waals surface area (Å²) in [4.78, 5) is 13.1. The second-order valence-corrected chi connectivity index (χ2v) is 5.76. The molecule has 2 N–H and O–H groups in total. The van der Waals surface area contributed by atoms with Crippen molar-refractivity contribution in [2.75, 3.05) is 11.9 Å². The summed E-state index contributed by atoms with van der Waals surface area (Å²) in [6.07, 6.45) is 0.0124. The molecule has 1 aromatic carbocycles. The normalized spacial score (nSPS) is 16.2. The summed E-state index contributed by atoms with van der Waals surface area (Å²) in [6, 6.07) is 5.81. The van der Waals surface area contributed by atoms with E-state index in [1.165, 1.54) is 11.1 Å². The van der Waals surface area contributed by atoms with Crippen molar-refractivity contribution in [3.05, 3.63) is 29.3 Å². The van der Waals surface area contributed by atoms with Crippen molar-refractivity contribution < 1.29 is 9.90 Å². The monoisotopic (exact) mass is 248 g/mol. The fourth-order valence-corrected chi connectivity index (χ4v) is 2.33. The Balaban J connectivity index is 2.22. The van der Waals surface area contributed by atoms with Gasteiger partial charge < -0.3 is 5.11 Å². The van der Waals surface area contributed by atoms with Crippen LogP contribution in [0.4, 0.5) is 10.5 Å². The first-order valence-electron chi connectivity index (χ1n) is 6.23. The molecule has 0 fully saturated rings. The molecule has 0 aromatic heterocycles. The minimum atomic E-state index is -1.02. The van der Waals surface area contributed by atoms with Crippen LogP contribution in [0.3, 0.4) is 0 Å². The molecular weight excluding hydrogens is 228 g/mol. The number of nitrogens with one attached hydrogen (secondary N) is 1. The Morgan fingerprint density at radius 1 is 1.33 bits per heavy atom. The van der Waals surface area contributed by atoms with Crippen LogP contribution in [-0.4, -0.2) is 28.2 Å². The van der Waals surface area contributed by atoms with Gasteiger partial charge in [0.25, 0.3) is 0 Å². The van der Waals surface area contributed by atoms with E-state index in [1.54, 1.807) is 0 Å². The Bertz CT molecular complexity index is 463. The molecule has 1 aliphatic heterocycles. The van der Waals surface area contributed by atoms with Gasteiger partial charge in [0.2, 0.25) is 0 Å². The zero-order valence-electron chi connectivity index (χ0n) is 11.2. The van der Waals surface area contributed by atoms with Crippen LogP contribution in [0.2, 0.25) is 0 Å². The lowest BCUT2D eigenvalue weighted by Gasteiger charge is -2.39. The van der Waals surface area contributed by atoms with Crippen LogP contribution in [0, 0.1) is 0 Å². The zero-order chi connectivity index (χ0) is 13.3. The summed E-state index contributed by atoms with van der Waals surface area (Å²) in [7, 11) is 0. The number of anilines is 1. The molecule has 0 saturated heterocycles. The Morgan fingerprint density at radius 2 is 2.06 bits per heavy atom. The minimum Gasteiger partial charge on any atom is -0.465 e. The van der Waals surface area contributed by atoms with Crippen molar-refractivity contribution in [2.24, 2.45) is 0 Å². The second-order valence-electron chi connectivity index (χ2n) is 5.76. The van der Waals surface area contributed by atoms with Crippen LogP contribution in [0.5, 0.6) is 0 Å². The summed E-state index contributed by atoms with van der Waals surface area (Å²) >= 11 is 0. The number of carbonyl (C=O) groups is 1. The first-order valence-corrected chi connectivity index (χ1v) is 6.23. The Hall–Kier alpha value is -1.55. The van der Waals surface area contributed by atoms with E-state index in [1.807, 2.05) is 18.2 Å². The molecule has 0 saturated carbocycles. The van der Waals surface area contributed by atoms with E-state index >= 15 is 0 Å². The van der Waals surface area contributed by atoms with Crippen LogP contribution in [-0.2, 0) is 13.0 Å². The van der Waals surface area contributed by atoms with Gasteiger partial charge in [-0.15, -0.1) is 0 Å². The van der Waals surface area contributed by atoms with Crippen molar-refractivity contribution in [3.63, 3.8) is 0 Å². The molecule has 98 valence electrons. The molecule has 2 rings (SSSR count). The van der Waals surface area contributed by atoms with Crippen LogP contribution < -0.4 is 5.32 Å². The highest BCUT2D eigenvalue weighted by Gasteiger charge is 2.25. The Kier molecular flexibility index (Phi) is 3.30. The van der Waals surface area contributed by atoms with Crippen molar-refractivity contribution in [3.8, 4) is 0 Å². The van der Waals surface area contributed by atoms with Crippen LogP contribution in [0.15, 0.2) is 18.2 Å². The molecular formula is C14H20N2O2. The molecule has 0 unspecified atom stereocenters. The van der Waals surface area contributed by atoms with Gasteiger partial charge in [0, 0.05) is 24.3 Å². The number of carboxylic acid groups (broad SMARTS) is 1. The van der Waals surface area contributed by atoms with Gasteiger partial charge in [0.05, 0.1) is 0 Å². The van der Waals surface area contributed by atoms with Crippen LogP contribution >= 0.6 is 0 Å². The fourth-order valence-electron chi connectivity index (χ4n) is 2.33. The third kappa shape index (κ3) is 2.82. The van der Waals surface area contributed by atoms with Crippen molar-refractivity contribution >= 4 is 11.8 Å². The standard InChI is InChI=1S/C14H20N2O2/c1-14(2,3)16-7-6-10-4-5-12(15-13(17)18)8-11(10)9-16/h4-5,8,15H,6-7,9H2,1-3H3,(H,17,18). The van der Waals surface area contributed by atoms with Gasteiger partial charge in [-0.2, -0.15) is 0 Å². The van der Waals surface area contributed by atoms with Crippen molar-refractivity contribution in [1.29, 1.82) is 0 Å². The number of hydrogen-bond acceptors (Lipinski definition) is 2. The lowest BCUT2D eigenvalue weighted by atomic mass is 9.95. The molecule has 4 nitrogen and oxygen atoms in total. The number of nitrogens with zero attached hydrogens (tertiary/aromatic N) is 1. The molecule has 0 aliphatic carbocycles. The third-order valence-corrected chi connectivity index (χ3v) is 3.42. The maximum absolute atomic E-state index is 10.6. The molecule has 18 heavy (non-hydrogen) atoms. The van der Waals surface area contributed by atoms with E-state index in [2.05, 4.69) is 31.0 Å². The second kappa shape index (κ2) is 4.61. The predicted molar refractivity (Wildman–Crippen MR) is 72.0 cm³/mol. The van der Waals surface area contributed by atoms with E-state index in [0.717, 1.165) is 19.5 Å². The minimum absolute atomic E-state index is 0.147. The van der Waals surface area contributed by atoms with Crippen molar-refractivity contribution in [1.82, 2.24) is 4.90 Å². The molecule has 0 atom stereocenters. The predicted octanol–water partition coefficient (Wildman–Crippen LogP) is 2.93. The maximum atomic E-state index is 10.6. The van der Waals surface area contributed by atoms with E-state index in [9.17, 15) is 4.79 Å². The van der Waals surface area contributed by atoms with E-state index in [4.69, 9.17) is 5.11 Å².